The topological polar surface area (TPSA) is 118 Å². The zero-order chi connectivity index (χ0) is 21.8. The van der Waals surface area contributed by atoms with Crippen molar-refractivity contribution in [2.24, 2.45) is 0 Å². The number of hydrogen-bond acceptors (Lipinski definition) is 6. The molecule has 1 aromatic heterocycles. The lowest BCUT2D eigenvalue weighted by Crippen LogP contribution is -2.57. The average Bonchev–Trinajstić information content (AvgIpc) is 2.61. The highest BCUT2D eigenvalue weighted by atomic mass is 35.5. The fourth-order valence-electron chi connectivity index (χ4n) is 2.77. The summed E-state index contributed by atoms with van der Waals surface area (Å²) in [7, 11) is 0. The van der Waals surface area contributed by atoms with Crippen LogP contribution in [0.4, 0.5) is 9.18 Å². The van der Waals surface area contributed by atoms with Gasteiger partial charge in [0, 0.05) is 18.7 Å². The Morgan fingerprint density at radius 3 is 2.66 bits per heavy atom. The summed E-state index contributed by atoms with van der Waals surface area (Å²) in [6.07, 6.45) is 0.940. The monoisotopic (exact) mass is 431 g/mol. The number of rotatable bonds is 5. The number of likely N-dealkylation sites (tertiary alicyclic amines) is 1. The lowest BCUT2D eigenvalue weighted by molar-refractivity contribution is -0.144. The van der Waals surface area contributed by atoms with Crippen molar-refractivity contribution in [1.82, 2.24) is 15.2 Å². The molecule has 2 heterocycles. The van der Waals surface area contributed by atoms with Crippen LogP contribution in [0.5, 0.6) is 5.75 Å². The van der Waals surface area contributed by atoms with E-state index < -0.39 is 48.1 Å². The van der Waals surface area contributed by atoms with Gasteiger partial charge in [-0.1, -0.05) is 11.6 Å². The van der Waals surface area contributed by atoms with E-state index in [0.717, 1.165) is 11.0 Å². The number of carbonyl (C=O) groups excluding carboxylic acids is 2. The first kappa shape index (κ1) is 22.7. The number of carboxylic acids is 1. The summed E-state index contributed by atoms with van der Waals surface area (Å²) in [6, 6.07) is -0.503. The van der Waals surface area contributed by atoms with E-state index >= 15 is 0 Å². The predicted molar refractivity (Wildman–Crippen MR) is 100 cm³/mol. The largest absolute Gasteiger partial charge is 0.482 e. The fourth-order valence-corrected chi connectivity index (χ4v) is 2.87. The van der Waals surface area contributed by atoms with Crippen LogP contribution >= 0.6 is 11.6 Å². The Balaban J connectivity index is 1.94. The molecule has 1 fully saturated rings. The van der Waals surface area contributed by atoms with Crippen LogP contribution in [0.1, 0.15) is 33.6 Å². The third kappa shape index (κ3) is 6.74. The molecule has 0 aliphatic carbocycles. The van der Waals surface area contributed by atoms with Gasteiger partial charge < -0.3 is 19.9 Å². The molecule has 1 aliphatic rings. The van der Waals surface area contributed by atoms with E-state index in [-0.39, 0.29) is 23.9 Å². The van der Waals surface area contributed by atoms with E-state index in [1.807, 2.05) is 0 Å². The molecular weight excluding hydrogens is 409 g/mol. The van der Waals surface area contributed by atoms with Gasteiger partial charge in [0.2, 0.25) is 0 Å². The van der Waals surface area contributed by atoms with Gasteiger partial charge in [-0.2, -0.15) is 0 Å². The summed E-state index contributed by atoms with van der Waals surface area (Å²) in [5.74, 6) is -2.39. The van der Waals surface area contributed by atoms with Crippen molar-refractivity contribution in [3.63, 3.8) is 0 Å². The molecule has 0 unspecified atom stereocenters. The molecule has 0 radical (unpaired) electrons. The Hall–Kier alpha value is -2.62. The first-order valence-corrected chi connectivity index (χ1v) is 9.29. The highest BCUT2D eigenvalue weighted by Gasteiger charge is 2.38. The van der Waals surface area contributed by atoms with Crippen LogP contribution in [0.15, 0.2) is 12.3 Å². The number of aromatic nitrogens is 1. The van der Waals surface area contributed by atoms with Crippen LogP contribution in [-0.4, -0.2) is 63.8 Å². The molecule has 160 valence electrons. The van der Waals surface area contributed by atoms with Gasteiger partial charge in [-0.25, -0.2) is 19.0 Å². The number of nitrogens with one attached hydrogen (secondary N) is 1. The first-order valence-electron chi connectivity index (χ1n) is 8.92. The van der Waals surface area contributed by atoms with E-state index in [2.05, 4.69) is 10.3 Å². The van der Waals surface area contributed by atoms with Crippen LogP contribution < -0.4 is 10.1 Å². The first-order chi connectivity index (χ1) is 13.5. The molecular formula is C18H23ClFN3O6. The van der Waals surface area contributed by atoms with Gasteiger partial charge in [-0.15, -0.1) is 0 Å². The number of piperidine rings is 1. The summed E-state index contributed by atoms with van der Waals surface area (Å²) in [4.78, 5) is 40.7. The Labute approximate surface area is 172 Å². The number of aliphatic carboxylic acids is 1. The molecule has 0 bridgehead atoms. The molecule has 29 heavy (non-hydrogen) atoms. The summed E-state index contributed by atoms with van der Waals surface area (Å²) in [5.41, 5.74) is -0.786. The second-order valence-electron chi connectivity index (χ2n) is 7.56. The maximum absolute atomic E-state index is 13.3. The van der Waals surface area contributed by atoms with Gasteiger partial charge in [0.15, 0.2) is 17.6 Å². The minimum absolute atomic E-state index is 0.0191. The van der Waals surface area contributed by atoms with Crippen molar-refractivity contribution in [2.75, 3.05) is 13.2 Å². The normalized spacial score (nSPS) is 19.4. The van der Waals surface area contributed by atoms with E-state index in [1.54, 1.807) is 20.8 Å². The van der Waals surface area contributed by atoms with Crippen molar-refractivity contribution in [2.45, 2.75) is 51.3 Å². The zero-order valence-corrected chi connectivity index (χ0v) is 17.0. The van der Waals surface area contributed by atoms with Crippen LogP contribution in [0, 0.1) is 5.82 Å². The quantitative estimate of drug-likeness (QED) is 0.686. The number of ether oxygens (including phenoxy) is 2. The summed E-state index contributed by atoms with van der Waals surface area (Å²) in [5, 5.41) is 11.7. The summed E-state index contributed by atoms with van der Waals surface area (Å²) in [6.45, 7) is 4.60. The van der Waals surface area contributed by atoms with Gasteiger partial charge in [0.05, 0.1) is 6.20 Å². The summed E-state index contributed by atoms with van der Waals surface area (Å²) >= 11 is 5.48. The van der Waals surface area contributed by atoms with Crippen molar-refractivity contribution >= 4 is 29.6 Å². The molecule has 2 amide bonds. The number of pyridine rings is 1. The van der Waals surface area contributed by atoms with Crippen LogP contribution in [0.3, 0.4) is 0 Å². The Kier molecular flexibility index (Phi) is 7.23. The highest BCUT2D eigenvalue weighted by molar-refractivity contribution is 6.29. The van der Waals surface area contributed by atoms with Gasteiger partial charge >= 0.3 is 12.1 Å². The Morgan fingerprint density at radius 1 is 1.38 bits per heavy atom. The van der Waals surface area contributed by atoms with Crippen LogP contribution in [-0.2, 0) is 14.3 Å². The van der Waals surface area contributed by atoms with Gasteiger partial charge in [-0.05, 0) is 33.6 Å². The molecule has 9 nitrogen and oxygen atoms in total. The summed E-state index contributed by atoms with van der Waals surface area (Å²) < 4.78 is 23.8. The molecule has 0 spiro atoms. The molecule has 0 saturated carbocycles. The van der Waals surface area contributed by atoms with Gasteiger partial charge in [-0.3, -0.25) is 9.69 Å². The molecule has 1 aliphatic heterocycles. The standard InChI is InChI=1S/C18H23ClFN3O6/c1-18(2,3)29-17(27)23-8-10(4-5-13(23)16(25)26)22-14(24)9-28-11-6-12(20)15(19)21-7-11/h6-7,10,13H,4-5,8-9H2,1-3H3,(H,22,24)(H,25,26)/t10-,13+/m0/s1. The molecule has 1 saturated heterocycles. The SMILES string of the molecule is CC(C)(C)OC(=O)N1C[C@@H](NC(=O)COc2cnc(Cl)c(F)c2)CC[C@@H]1C(=O)O. The third-order valence-corrected chi connectivity index (χ3v) is 4.28. The van der Waals surface area contributed by atoms with E-state index in [0.29, 0.717) is 6.42 Å². The fraction of sp³-hybridized carbons (Fsp3) is 0.556. The minimum atomic E-state index is -1.14. The lowest BCUT2D eigenvalue weighted by Gasteiger charge is -2.38. The third-order valence-electron chi connectivity index (χ3n) is 4.00. The molecule has 1 aromatic rings. The molecule has 2 rings (SSSR count). The molecule has 2 N–H and O–H groups in total. The molecule has 0 aromatic carbocycles. The van der Waals surface area contributed by atoms with Crippen molar-refractivity contribution < 1.29 is 33.4 Å². The van der Waals surface area contributed by atoms with Crippen molar-refractivity contribution in [3.8, 4) is 5.75 Å². The van der Waals surface area contributed by atoms with Crippen LogP contribution in [0.2, 0.25) is 5.15 Å². The highest BCUT2D eigenvalue weighted by Crippen LogP contribution is 2.21. The maximum Gasteiger partial charge on any atom is 0.411 e. The van der Waals surface area contributed by atoms with Crippen LogP contribution in [0.25, 0.3) is 0 Å². The number of nitrogens with zero attached hydrogens (tertiary/aromatic N) is 2. The number of carboxylic acid groups (broad SMARTS) is 1. The second-order valence-corrected chi connectivity index (χ2v) is 7.92. The minimum Gasteiger partial charge on any atom is -0.482 e. The number of carbonyl (C=O) groups is 3. The van der Waals surface area contributed by atoms with Gasteiger partial charge in [0.1, 0.15) is 17.4 Å². The van der Waals surface area contributed by atoms with E-state index in [1.165, 1.54) is 6.20 Å². The van der Waals surface area contributed by atoms with E-state index in [4.69, 9.17) is 21.1 Å². The number of hydrogen-bond donors (Lipinski definition) is 2. The predicted octanol–water partition coefficient (Wildman–Crippen LogP) is 2.22. The maximum atomic E-state index is 13.3. The molecule has 2 atom stereocenters. The average molecular weight is 432 g/mol. The number of amides is 2. The van der Waals surface area contributed by atoms with Gasteiger partial charge in [0.25, 0.3) is 5.91 Å². The lowest BCUT2D eigenvalue weighted by atomic mass is 9.98. The second kappa shape index (κ2) is 9.25. The zero-order valence-electron chi connectivity index (χ0n) is 16.3. The Morgan fingerprint density at radius 2 is 2.07 bits per heavy atom. The van der Waals surface area contributed by atoms with Crippen molar-refractivity contribution in [1.29, 1.82) is 0 Å². The number of halogens is 2. The Bertz CT molecular complexity index is 785. The van der Waals surface area contributed by atoms with Crippen molar-refractivity contribution in [3.05, 3.63) is 23.2 Å². The van der Waals surface area contributed by atoms with E-state index in [9.17, 15) is 23.9 Å². The molecule has 11 heteroatoms. The smallest absolute Gasteiger partial charge is 0.411 e.